The SMILES string of the molecule is CC(=O)O[C@]1(C)CC(=O)OC[C@]23CCC(C)=C[C@H]2O[C@@H]2C[C@@H](OC(=O)/C=C\C=C/C(C(C)O)OCC1O)[C@@]3(C)[C@@]21CO1. The number of aliphatic hydroxyl groups is 2. The first kappa shape index (κ1) is 30.9. The van der Waals surface area contributed by atoms with Crippen LogP contribution in [0.1, 0.15) is 60.3 Å². The van der Waals surface area contributed by atoms with E-state index >= 15 is 0 Å². The van der Waals surface area contributed by atoms with Gasteiger partial charge in [0.15, 0.2) is 0 Å². The Morgan fingerprint density at radius 2 is 1.90 bits per heavy atom. The molecule has 2 spiro atoms. The highest BCUT2D eigenvalue weighted by Gasteiger charge is 2.83. The lowest BCUT2D eigenvalue weighted by Crippen LogP contribution is -2.66. The Hall–Kier alpha value is -2.57. The molecule has 2 bridgehead atoms. The number of aliphatic hydroxyl groups excluding tert-OH is 2. The Morgan fingerprint density at radius 1 is 1.17 bits per heavy atom. The van der Waals surface area contributed by atoms with Gasteiger partial charge in [0.2, 0.25) is 0 Å². The Labute approximate surface area is 245 Å². The van der Waals surface area contributed by atoms with Crippen LogP contribution in [0.3, 0.4) is 0 Å². The molecule has 0 aromatic carbocycles. The minimum Gasteiger partial charge on any atom is -0.465 e. The topological polar surface area (TPSA) is 150 Å². The summed E-state index contributed by atoms with van der Waals surface area (Å²) in [5, 5.41) is 21.2. The third kappa shape index (κ3) is 5.13. The highest BCUT2D eigenvalue weighted by Crippen LogP contribution is 2.72. The summed E-state index contributed by atoms with van der Waals surface area (Å²) in [6.07, 6.45) is 4.82. The van der Waals surface area contributed by atoms with E-state index in [1.54, 1.807) is 6.08 Å². The first-order chi connectivity index (χ1) is 19.8. The zero-order valence-electron chi connectivity index (χ0n) is 24.9. The first-order valence-electron chi connectivity index (χ1n) is 14.6. The Kier molecular flexibility index (Phi) is 8.21. The lowest BCUT2D eigenvalue weighted by molar-refractivity contribution is -0.234. The molecule has 0 radical (unpaired) electrons. The van der Waals surface area contributed by atoms with Gasteiger partial charge in [-0.15, -0.1) is 0 Å². The summed E-state index contributed by atoms with van der Waals surface area (Å²) < 4.78 is 36.0. The van der Waals surface area contributed by atoms with Crippen molar-refractivity contribution in [2.45, 2.75) is 108 Å². The summed E-state index contributed by atoms with van der Waals surface area (Å²) >= 11 is 0. The van der Waals surface area contributed by atoms with Crippen LogP contribution in [0.4, 0.5) is 0 Å². The van der Waals surface area contributed by atoms with Gasteiger partial charge in [0.1, 0.15) is 36.1 Å². The van der Waals surface area contributed by atoms with Crippen molar-refractivity contribution in [2.75, 3.05) is 19.8 Å². The lowest BCUT2D eigenvalue weighted by atomic mass is 9.51. The number of hydrogen-bond donors (Lipinski definition) is 2. The van der Waals surface area contributed by atoms with E-state index in [1.807, 2.05) is 6.92 Å². The average Bonchev–Trinajstić information content (AvgIpc) is 3.68. The molecule has 0 aromatic heterocycles. The fraction of sp³-hybridized carbons (Fsp3) is 0.710. The molecule has 10 atom stereocenters. The predicted molar refractivity (Wildman–Crippen MR) is 147 cm³/mol. The summed E-state index contributed by atoms with van der Waals surface area (Å²) in [4.78, 5) is 38.5. The molecule has 11 heteroatoms. The van der Waals surface area contributed by atoms with Crippen LogP contribution in [-0.4, -0.2) is 95.8 Å². The van der Waals surface area contributed by atoms with Gasteiger partial charge in [0.25, 0.3) is 0 Å². The van der Waals surface area contributed by atoms with Crippen molar-refractivity contribution in [3.05, 3.63) is 36.0 Å². The molecule has 0 aromatic rings. The van der Waals surface area contributed by atoms with Gasteiger partial charge in [0, 0.05) is 24.8 Å². The Bertz CT molecular complexity index is 1190. The number of ether oxygens (including phenoxy) is 6. The molecule has 3 fully saturated rings. The van der Waals surface area contributed by atoms with Gasteiger partial charge in [-0.25, -0.2) is 4.79 Å². The summed E-state index contributed by atoms with van der Waals surface area (Å²) in [7, 11) is 0. The molecule has 1 saturated carbocycles. The molecule has 3 unspecified atom stereocenters. The van der Waals surface area contributed by atoms with Crippen molar-refractivity contribution in [3.8, 4) is 0 Å². The number of rotatable bonds is 2. The van der Waals surface area contributed by atoms with Gasteiger partial charge >= 0.3 is 17.9 Å². The van der Waals surface area contributed by atoms with Crippen molar-refractivity contribution < 1.29 is 53.0 Å². The van der Waals surface area contributed by atoms with Crippen molar-refractivity contribution in [2.24, 2.45) is 10.8 Å². The van der Waals surface area contributed by atoms with Gasteiger partial charge in [-0.2, -0.15) is 0 Å². The predicted octanol–water partition coefficient (Wildman–Crippen LogP) is 2.08. The largest absolute Gasteiger partial charge is 0.465 e. The molecule has 5 rings (SSSR count). The summed E-state index contributed by atoms with van der Waals surface area (Å²) in [5.74, 6) is -1.90. The minimum absolute atomic E-state index is 0.0475. The van der Waals surface area contributed by atoms with Crippen LogP contribution in [0.2, 0.25) is 0 Å². The molecule has 5 aliphatic rings. The standard InChI is InChI=1S/C31H42O11/c1-18-10-11-30-16-38-27(36)14-28(4,42-20(3)33)22(34)15-37-21(19(2)32)8-6-7-9-26(35)41-23-13-25(40-24(30)12-18)31(17-39-31)29(23,30)5/h6-9,12,19,21-25,32,34H,10-11,13-17H2,1-5H3/b8-6-,9-7-/t19?,21?,22?,23-,24-,25-,28-,29-,30-,31-/m1/s1. The molecule has 2 saturated heterocycles. The van der Waals surface area contributed by atoms with Crippen LogP contribution in [0.15, 0.2) is 36.0 Å². The smallest absolute Gasteiger partial charge is 0.331 e. The van der Waals surface area contributed by atoms with Gasteiger partial charge in [0.05, 0.1) is 43.4 Å². The number of epoxide rings is 1. The fourth-order valence-corrected chi connectivity index (χ4v) is 7.45. The number of cyclic esters (lactones) is 1. The van der Waals surface area contributed by atoms with Crippen molar-refractivity contribution in [1.29, 1.82) is 0 Å². The van der Waals surface area contributed by atoms with E-state index in [2.05, 4.69) is 13.0 Å². The molecular formula is C31H42O11. The summed E-state index contributed by atoms with van der Waals surface area (Å²) in [6.45, 7) is 8.28. The van der Waals surface area contributed by atoms with E-state index in [0.717, 1.165) is 12.0 Å². The third-order valence-electron chi connectivity index (χ3n) is 10.1. The second-order valence-electron chi connectivity index (χ2n) is 12.8. The average molecular weight is 591 g/mol. The van der Waals surface area contributed by atoms with Crippen LogP contribution >= 0.6 is 0 Å². The zero-order valence-corrected chi connectivity index (χ0v) is 24.9. The number of allylic oxidation sites excluding steroid dienone is 3. The van der Waals surface area contributed by atoms with Gasteiger partial charge in [-0.05, 0) is 33.6 Å². The Morgan fingerprint density at radius 3 is 2.57 bits per heavy atom. The fourth-order valence-electron chi connectivity index (χ4n) is 7.45. The van der Waals surface area contributed by atoms with E-state index < -0.39 is 76.9 Å². The second-order valence-corrected chi connectivity index (χ2v) is 12.8. The van der Waals surface area contributed by atoms with E-state index in [-0.39, 0.29) is 19.3 Å². The van der Waals surface area contributed by atoms with Gasteiger partial charge in [-0.1, -0.05) is 36.8 Å². The van der Waals surface area contributed by atoms with Crippen molar-refractivity contribution >= 4 is 17.9 Å². The Balaban J connectivity index is 1.53. The number of carbonyl (C=O) groups excluding carboxylic acids is 3. The monoisotopic (exact) mass is 590 g/mol. The van der Waals surface area contributed by atoms with Gasteiger partial charge in [-0.3, -0.25) is 9.59 Å². The molecule has 2 N–H and O–H groups in total. The highest BCUT2D eigenvalue weighted by molar-refractivity contribution is 5.82. The van der Waals surface area contributed by atoms with Crippen LogP contribution in [0.25, 0.3) is 0 Å². The number of carbonyl (C=O) groups is 3. The highest BCUT2D eigenvalue weighted by atomic mass is 16.6. The zero-order chi connectivity index (χ0) is 30.5. The van der Waals surface area contributed by atoms with E-state index in [9.17, 15) is 24.6 Å². The summed E-state index contributed by atoms with van der Waals surface area (Å²) in [6, 6.07) is 0. The van der Waals surface area contributed by atoms with Crippen LogP contribution in [0, 0.1) is 10.8 Å². The van der Waals surface area contributed by atoms with Crippen molar-refractivity contribution in [3.63, 3.8) is 0 Å². The molecule has 3 heterocycles. The van der Waals surface area contributed by atoms with Crippen LogP contribution in [0.5, 0.6) is 0 Å². The van der Waals surface area contributed by atoms with Crippen molar-refractivity contribution in [1.82, 2.24) is 0 Å². The maximum absolute atomic E-state index is 13.4. The van der Waals surface area contributed by atoms with Crippen LogP contribution in [-0.2, 0) is 42.8 Å². The number of esters is 3. The first-order valence-corrected chi connectivity index (χ1v) is 14.6. The van der Waals surface area contributed by atoms with E-state index in [4.69, 9.17) is 28.4 Å². The van der Waals surface area contributed by atoms with E-state index in [0.29, 0.717) is 19.4 Å². The molecular weight excluding hydrogens is 548 g/mol. The lowest BCUT2D eigenvalue weighted by Gasteiger charge is -2.58. The molecule has 11 nitrogen and oxygen atoms in total. The normalized spacial score (nSPS) is 46.2. The summed E-state index contributed by atoms with van der Waals surface area (Å²) in [5.41, 5.74) is -2.67. The third-order valence-corrected chi connectivity index (χ3v) is 10.1. The maximum Gasteiger partial charge on any atom is 0.331 e. The molecule has 232 valence electrons. The minimum atomic E-state index is -1.66. The number of hydrogen-bond acceptors (Lipinski definition) is 11. The van der Waals surface area contributed by atoms with Crippen LogP contribution < -0.4 is 0 Å². The molecule has 0 amide bonds. The molecule has 2 aliphatic carbocycles. The second kappa shape index (κ2) is 11.2. The molecule has 42 heavy (non-hydrogen) atoms. The quantitative estimate of drug-likeness (QED) is 0.211. The van der Waals surface area contributed by atoms with E-state index in [1.165, 1.54) is 39.0 Å². The molecule has 3 aliphatic heterocycles. The van der Waals surface area contributed by atoms with Gasteiger partial charge < -0.3 is 38.6 Å². The maximum atomic E-state index is 13.4.